The Morgan fingerprint density at radius 3 is 2.77 bits per heavy atom. The number of hydrazine groups is 1. The summed E-state index contributed by atoms with van der Waals surface area (Å²) in [7, 11) is 0. The van der Waals surface area contributed by atoms with Crippen molar-refractivity contribution in [2.24, 2.45) is 5.84 Å². The van der Waals surface area contributed by atoms with Crippen molar-refractivity contribution in [3.63, 3.8) is 0 Å². The highest BCUT2D eigenvalue weighted by Gasteiger charge is 1.96. The Labute approximate surface area is 86.8 Å². The van der Waals surface area contributed by atoms with Gasteiger partial charge in [-0.15, -0.1) is 0 Å². The van der Waals surface area contributed by atoms with Gasteiger partial charge in [0.1, 0.15) is 0 Å². The van der Waals surface area contributed by atoms with Crippen LogP contribution in [-0.4, -0.2) is 13.2 Å². The summed E-state index contributed by atoms with van der Waals surface area (Å²) in [5, 5.41) is 3.15. The van der Waals surface area contributed by atoms with Crippen LogP contribution in [0.4, 0.5) is 0 Å². The average molecular weight is 244 g/mol. The van der Waals surface area contributed by atoms with Crippen molar-refractivity contribution in [2.75, 3.05) is 13.2 Å². The molecule has 0 heterocycles. The van der Waals surface area contributed by atoms with Crippen molar-refractivity contribution in [1.82, 2.24) is 10.7 Å². The van der Waals surface area contributed by atoms with Crippen LogP contribution in [-0.2, 0) is 6.42 Å². The topological polar surface area (TPSA) is 50.1 Å². The maximum atomic E-state index is 5.12. The summed E-state index contributed by atoms with van der Waals surface area (Å²) < 4.78 is 1.16. The summed E-state index contributed by atoms with van der Waals surface area (Å²) >= 11 is 3.50. The molecule has 1 aromatic carbocycles. The molecule has 3 nitrogen and oxygen atoms in total. The van der Waals surface area contributed by atoms with Crippen molar-refractivity contribution in [3.8, 4) is 0 Å². The van der Waals surface area contributed by atoms with Gasteiger partial charge in [0.15, 0.2) is 0 Å². The third kappa shape index (κ3) is 3.87. The fraction of sp³-hybridized carbons (Fsp3) is 0.333. The number of hydrogen-bond acceptors (Lipinski definition) is 3. The molecule has 13 heavy (non-hydrogen) atoms. The van der Waals surface area contributed by atoms with E-state index in [9.17, 15) is 0 Å². The molecular formula is C9H14BrN3. The highest BCUT2D eigenvalue weighted by molar-refractivity contribution is 9.10. The average Bonchev–Trinajstić information content (AvgIpc) is 2.15. The molecule has 0 amide bonds. The van der Waals surface area contributed by atoms with Gasteiger partial charge in [0.25, 0.3) is 0 Å². The summed E-state index contributed by atoms with van der Waals surface area (Å²) in [6.07, 6.45) is 1.00. The second-order valence-electron chi connectivity index (χ2n) is 2.72. The van der Waals surface area contributed by atoms with Crippen molar-refractivity contribution in [3.05, 3.63) is 34.3 Å². The van der Waals surface area contributed by atoms with Crippen LogP contribution in [0.2, 0.25) is 0 Å². The van der Waals surface area contributed by atoms with E-state index in [-0.39, 0.29) is 0 Å². The first-order chi connectivity index (χ1) is 6.34. The molecule has 0 radical (unpaired) electrons. The molecule has 0 aliphatic heterocycles. The van der Waals surface area contributed by atoms with Gasteiger partial charge in [0.05, 0.1) is 6.67 Å². The predicted molar refractivity (Wildman–Crippen MR) is 58.0 cm³/mol. The summed E-state index contributed by atoms with van der Waals surface area (Å²) in [6.45, 7) is 1.57. The first-order valence-electron chi connectivity index (χ1n) is 4.22. The summed E-state index contributed by atoms with van der Waals surface area (Å²) in [5.41, 5.74) is 3.86. The second-order valence-corrected chi connectivity index (χ2v) is 3.58. The van der Waals surface area contributed by atoms with Gasteiger partial charge in [-0.1, -0.05) is 34.1 Å². The molecule has 0 fully saturated rings. The minimum atomic E-state index is 0.643. The molecular weight excluding hydrogens is 230 g/mol. The van der Waals surface area contributed by atoms with E-state index in [4.69, 9.17) is 5.84 Å². The Kier molecular flexibility index (Phi) is 5.00. The van der Waals surface area contributed by atoms with E-state index in [0.717, 1.165) is 17.4 Å². The van der Waals surface area contributed by atoms with Gasteiger partial charge in [-0.2, -0.15) is 0 Å². The molecule has 0 saturated carbocycles. The van der Waals surface area contributed by atoms with Crippen LogP contribution in [0, 0.1) is 0 Å². The zero-order valence-corrected chi connectivity index (χ0v) is 8.97. The van der Waals surface area contributed by atoms with E-state index in [1.165, 1.54) is 5.56 Å². The van der Waals surface area contributed by atoms with Crippen LogP contribution in [0.1, 0.15) is 5.56 Å². The molecule has 1 aromatic rings. The van der Waals surface area contributed by atoms with Gasteiger partial charge in [-0.05, 0) is 18.1 Å². The van der Waals surface area contributed by atoms with Crippen LogP contribution in [0.5, 0.6) is 0 Å². The molecule has 0 atom stereocenters. The van der Waals surface area contributed by atoms with Gasteiger partial charge in [-0.3, -0.25) is 5.84 Å². The third-order valence-electron chi connectivity index (χ3n) is 1.76. The number of nitrogens with two attached hydrogens (primary N) is 1. The first kappa shape index (κ1) is 10.7. The molecule has 0 aromatic heterocycles. The lowest BCUT2D eigenvalue weighted by molar-refractivity contribution is 0.601. The summed E-state index contributed by atoms with van der Waals surface area (Å²) in [5.74, 6) is 5.12. The minimum Gasteiger partial charge on any atom is -0.303 e. The smallest absolute Gasteiger partial charge is 0.0587 e. The van der Waals surface area contributed by atoms with Gasteiger partial charge in [0.2, 0.25) is 0 Å². The van der Waals surface area contributed by atoms with Gasteiger partial charge in [0, 0.05) is 11.0 Å². The monoisotopic (exact) mass is 243 g/mol. The Hall–Kier alpha value is -0.420. The zero-order chi connectivity index (χ0) is 9.52. The van der Waals surface area contributed by atoms with Crippen molar-refractivity contribution in [1.29, 1.82) is 0 Å². The van der Waals surface area contributed by atoms with Crippen molar-refractivity contribution in [2.45, 2.75) is 6.42 Å². The van der Waals surface area contributed by atoms with Crippen LogP contribution in [0.15, 0.2) is 28.7 Å². The fourth-order valence-corrected chi connectivity index (χ4v) is 1.57. The molecule has 0 aliphatic rings. The Bertz CT molecular complexity index is 252. The normalized spacial score (nSPS) is 10.3. The van der Waals surface area contributed by atoms with E-state index in [0.29, 0.717) is 6.67 Å². The number of rotatable bonds is 5. The van der Waals surface area contributed by atoms with Crippen LogP contribution in [0.25, 0.3) is 0 Å². The number of hydrogen-bond donors (Lipinski definition) is 3. The molecule has 4 N–H and O–H groups in total. The fourth-order valence-electron chi connectivity index (χ4n) is 1.08. The number of halogens is 1. The van der Waals surface area contributed by atoms with E-state index >= 15 is 0 Å². The maximum absolute atomic E-state index is 5.12. The van der Waals surface area contributed by atoms with Crippen LogP contribution in [0.3, 0.4) is 0 Å². The first-order valence-corrected chi connectivity index (χ1v) is 5.01. The molecule has 0 spiro atoms. The lowest BCUT2D eigenvalue weighted by Gasteiger charge is -2.05. The Morgan fingerprint density at radius 2 is 2.08 bits per heavy atom. The zero-order valence-electron chi connectivity index (χ0n) is 7.39. The van der Waals surface area contributed by atoms with E-state index < -0.39 is 0 Å². The summed E-state index contributed by atoms with van der Waals surface area (Å²) in [6, 6.07) is 8.22. The number of benzene rings is 1. The van der Waals surface area contributed by atoms with Gasteiger partial charge < -0.3 is 5.32 Å². The molecule has 1 rings (SSSR count). The number of nitrogens with one attached hydrogen (secondary N) is 2. The molecule has 72 valence electrons. The molecule has 4 heteroatoms. The van der Waals surface area contributed by atoms with Crippen LogP contribution < -0.4 is 16.6 Å². The standard InChI is InChI=1S/C9H14BrN3/c10-9-4-2-1-3-8(9)5-6-12-7-13-11/h1-4,12-13H,5-7,11H2. The van der Waals surface area contributed by atoms with E-state index in [2.05, 4.69) is 38.8 Å². The van der Waals surface area contributed by atoms with Gasteiger partial charge in [-0.25, -0.2) is 5.43 Å². The quantitative estimate of drug-likeness (QED) is 0.313. The van der Waals surface area contributed by atoms with Crippen molar-refractivity contribution >= 4 is 15.9 Å². The maximum Gasteiger partial charge on any atom is 0.0587 e. The van der Waals surface area contributed by atoms with E-state index in [1.807, 2.05) is 12.1 Å². The molecule has 0 unspecified atom stereocenters. The predicted octanol–water partition coefficient (Wildman–Crippen LogP) is 1.00. The highest BCUT2D eigenvalue weighted by atomic mass is 79.9. The largest absolute Gasteiger partial charge is 0.303 e. The van der Waals surface area contributed by atoms with E-state index in [1.54, 1.807) is 0 Å². The van der Waals surface area contributed by atoms with Gasteiger partial charge >= 0.3 is 0 Å². The molecule has 0 saturated heterocycles. The van der Waals surface area contributed by atoms with Crippen molar-refractivity contribution < 1.29 is 0 Å². The second kappa shape index (κ2) is 6.10. The SMILES string of the molecule is NNCNCCc1ccccc1Br. The lowest BCUT2D eigenvalue weighted by Crippen LogP contribution is -2.34. The highest BCUT2D eigenvalue weighted by Crippen LogP contribution is 2.15. The van der Waals surface area contributed by atoms with Crippen LogP contribution >= 0.6 is 15.9 Å². The third-order valence-corrected chi connectivity index (χ3v) is 2.53. The Morgan fingerprint density at radius 1 is 1.31 bits per heavy atom. The molecule has 0 aliphatic carbocycles. The molecule has 0 bridgehead atoms. The Balaban J connectivity index is 2.32. The minimum absolute atomic E-state index is 0.643. The summed E-state index contributed by atoms with van der Waals surface area (Å²) in [4.78, 5) is 0. The lowest BCUT2D eigenvalue weighted by atomic mass is 10.1.